The molecule has 0 saturated carbocycles. The average Bonchev–Trinajstić information content (AvgIpc) is 2.71. The number of aliphatic hydroxyl groups is 2. The van der Waals surface area contributed by atoms with Gasteiger partial charge < -0.3 is 26.1 Å². The van der Waals surface area contributed by atoms with E-state index in [9.17, 15) is 14.6 Å². The predicted molar refractivity (Wildman–Crippen MR) is 70.8 cm³/mol. The van der Waals surface area contributed by atoms with E-state index in [0.29, 0.717) is 0 Å². The Hall–Kier alpha value is -1.38. The average molecular weight is 334 g/mol. The number of halogens is 2. The Morgan fingerprint density at radius 1 is 1.37 bits per heavy atom. The highest BCUT2D eigenvalue weighted by atomic mass is 79.9. The summed E-state index contributed by atoms with van der Waals surface area (Å²) >= 11 is 3.05. The largest absolute Gasteiger partial charge is 0.409 e. The van der Waals surface area contributed by atoms with E-state index in [1.54, 1.807) is 0 Å². The van der Waals surface area contributed by atoms with Crippen LogP contribution in [-0.4, -0.2) is 46.6 Å². The second-order valence-corrected chi connectivity index (χ2v) is 5.08. The smallest absolute Gasteiger partial charge is 0.171 e. The summed E-state index contributed by atoms with van der Waals surface area (Å²) in [5.41, 5.74) is 5.88. The lowest BCUT2D eigenvalue weighted by Crippen LogP contribution is -2.23. The van der Waals surface area contributed by atoms with Crippen molar-refractivity contribution in [2.24, 2.45) is 10.9 Å². The lowest BCUT2D eigenvalue weighted by Gasteiger charge is -2.19. The molecule has 8 heteroatoms. The van der Waals surface area contributed by atoms with Crippen molar-refractivity contribution in [2.75, 3.05) is 18.0 Å². The molecule has 6 nitrogen and oxygen atoms in total. The van der Waals surface area contributed by atoms with Gasteiger partial charge in [0.1, 0.15) is 0 Å². The Bertz CT molecular complexity index is 516. The highest BCUT2D eigenvalue weighted by molar-refractivity contribution is 9.10. The monoisotopic (exact) mass is 333 g/mol. The minimum Gasteiger partial charge on any atom is -0.409 e. The first-order valence-corrected chi connectivity index (χ1v) is 6.32. The molecule has 0 aliphatic carbocycles. The van der Waals surface area contributed by atoms with E-state index >= 15 is 0 Å². The Morgan fingerprint density at radius 2 is 1.95 bits per heavy atom. The number of anilines is 1. The summed E-state index contributed by atoms with van der Waals surface area (Å²) < 4.78 is 14.3. The summed E-state index contributed by atoms with van der Waals surface area (Å²) in [6, 6.07) is 2.95. The SMILES string of the molecule is N/C(=N/O)c1ccc(N2CC(O)C(O)C2)c(F)c1Br. The molecule has 1 fully saturated rings. The molecule has 2 unspecified atom stereocenters. The number of aliphatic hydroxyl groups excluding tert-OH is 2. The van der Waals surface area contributed by atoms with E-state index in [-0.39, 0.29) is 34.6 Å². The molecule has 0 bridgehead atoms. The highest BCUT2D eigenvalue weighted by Gasteiger charge is 2.31. The molecule has 2 rings (SSSR count). The molecular weight excluding hydrogens is 321 g/mol. The summed E-state index contributed by atoms with van der Waals surface area (Å²) in [4.78, 5) is 1.53. The molecule has 1 aliphatic rings. The Balaban J connectivity index is 2.37. The van der Waals surface area contributed by atoms with Gasteiger partial charge in [-0.15, -0.1) is 0 Å². The first kappa shape index (κ1) is 14.0. The van der Waals surface area contributed by atoms with Gasteiger partial charge >= 0.3 is 0 Å². The van der Waals surface area contributed by atoms with Gasteiger partial charge in [0.05, 0.1) is 22.4 Å². The van der Waals surface area contributed by atoms with Crippen LogP contribution in [0.2, 0.25) is 0 Å². The van der Waals surface area contributed by atoms with Crippen LogP contribution in [0.25, 0.3) is 0 Å². The van der Waals surface area contributed by atoms with Crippen LogP contribution >= 0.6 is 15.9 Å². The van der Waals surface area contributed by atoms with Crippen molar-refractivity contribution in [3.8, 4) is 0 Å². The molecule has 1 aliphatic heterocycles. The number of hydrogen-bond donors (Lipinski definition) is 4. The van der Waals surface area contributed by atoms with Gasteiger partial charge in [0.2, 0.25) is 0 Å². The molecule has 19 heavy (non-hydrogen) atoms. The normalized spacial score (nSPS) is 24.0. The van der Waals surface area contributed by atoms with Crippen LogP contribution in [0.4, 0.5) is 10.1 Å². The van der Waals surface area contributed by atoms with Crippen LogP contribution in [0.3, 0.4) is 0 Å². The van der Waals surface area contributed by atoms with Gasteiger partial charge in [0.25, 0.3) is 0 Å². The molecule has 104 valence electrons. The van der Waals surface area contributed by atoms with Crippen LogP contribution in [0.1, 0.15) is 5.56 Å². The second kappa shape index (κ2) is 5.32. The minimum atomic E-state index is -0.901. The molecule has 1 aromatic carbocycles. The quantitative estimate of drug-likeness (QED) is 0.268. The van der Waals surface area contributed by atoms with E-state index in [4.69, 9.17) is 10.9 Å². The third kappa shape index (κ3) is 2.51. The second-order valence-electron chi connectivity index (χ2n) is 4.29. The Kier molecular flexibility index (Phi) is 3.93. The van der Waals surface area contributed by atoms with Gasteiger partial charge in [0, 0.05) is 18.7 Å². The number of nitrogens with two attached hydrogens (primary N) is 1. The zero-order chi connectivity index (χ0) is 14.2. The van der Waals surface area contributed by atoms with Gasteiger partial charge in [-0.3, -0.25) is 0 Å². The Morgan fingerprint density at radius 3 is 2.47 bits per heavy atom. The molecule has 0 radical (unpaired) electrons. The molecule has 0 amide bonds. The van der Waals surface area contributed by atoms with Crippen LogP contribution in [0.15, 0.2) is 21.8 Å². The number of nitrogens with zero attached hydrogens (tertiary/aromatic N) is 2. The van der Waals surface area contributed by atoms with E-state index < -0.39 is 18.0 Å². The van der Waals surface area contributed by atoms with Crippen molar-refractivity contribution in [1.82, 2.24) is 0 Å². The maximum atomic E-state index is 14.2. The van der Waals surface area contributed by atoms with Crippen molar-refractivity contribution in [3.63, 3.8) is 0 Å². The lowest BCUT2D eigenvalue weighted by molar-refractivity contribution is 0.0572. The Labute approximate surface area is 117 Å². The van der Waals surface area contributed by atoms with Crippen molar-refractivity contribution in [1.29, 1.82) is 0 Å². The van der Waals surface area contributed by atoms with E-state index in [2.05, 4.69) is 21.1 Å². The number of amidine groups is 1. The summed E-state index contributed by atoms with van der Waals surface area (Å²) in [6.45, 7) is 0.293. The number of β-amino-alcohol motifs (C(OH)–C–C–N with tert-alkyl or cyclic N) is 2. The van der Waals surface area contributed by atoms with Gasteiger partial charge in [-0.05, 0) is 28.1 Å². The van der Waals surface area contributed by atoms with Crippen molar-refractivity contribution < 1.29 is 19.8 Å². The number of rotatable bonds is 2. The predicted octanol–water partition coefficient (Wildman–Crippen LogP) is 0.224. The first-order valence-electron chi connectivity index (χ1n) is 5.52. The standard InChI is InChI=1S/C11H13BrFN3O3/c12-9-5(11(14)15-19)1-2-6(10(9)13)16-3-7(17)8(18)4-16/h1-2,7-8,17-19H,3-4H2,(H2,14,15). The van der Waals surface area contributed by atoms with Gasteiger partial charge in [-0.25, -0.2) is 4.39 Å². The topological polar surface area (TPSA) is 102 Å². The van der Waals surface area contributed by atoms with Gasteiger partial charge in [-0.1, -0.05) is 5.16 Å². The lowest BCUT2D eigenvalue weighted by atomic mass is 10.1. The maximum absolute atomic E-state index is 14.2. The first-order chi connectivity index (χ1) is 8.95. The van der Waals surface area contributed by atoms with Crippen molar-refractivity contribution in [3.05, 3.63) is 28.0 Å². The fourth-order valence-electron chi connectivity index (χ4n) is 2.00. The third-order valence-corrected chi connectivity index (χ3v) is 3.82. The third-order valence-electron chi connectivity index (χ3n) is 3.05. The minimum absolute atomic E-state index is 0.0659. The zero-order valence-electron chi connectivity index (χ0n) is 9.79. The van der Waals surface area contributed by atoms with Crippen LogP contribution in [0, 0.1) is 5.82 Å². The molecule has 2 atom stereocenters. The fourth-order valence-corrected chi connectivity index (χ4v) is 2.54. The maximum Gasteiger partial charge on any atom is 0.171 e. The number of benzene rings is 1. The van der Waals surface area contributed by atoms with Crippen LogP contribution in [0.5, 0.6) is 0 Å². The molecule has 1 heterocycles. The van der Waals surface area contributed by atoms with Crippen LogP contribution in [-0.2, 0) is 0 Å². The number of oxime groups is 1. The summed E-state index contributed by atoms with van der Waals surface area (Å²) in [5.74, 6) is -0.802. The summed E-state index contributed by atoms with van der Waals surface area (Å²) in [5, 5.41) is 30.4. The summed E-state index contributed by atoms with van der Waals surface area (Å²) in [6.07, 6.45) is -1.80. The molecule has 1 saturated heterocycles. The van der Waals surface area contributed by atoms with E-state index in [1.807, 2.05) is 0 Å². The highest BCUT2D eigenvalue weighted by Crippen LogP contribution is 2.31. The van der Waals surface area contributed by atoms with Crippen molar-refractivity contribution in [2.45, 2.75) is 12.2 Å². The molecule has 5 N–H and O–H groups in total. The van der Waals surface area contributed by atoms with Gasteiger partial charge in [-0.2, -0.15) is 0 Å². The van der Waals surface area contributed by atoms with Crippen molar-refractivity contribution >= 4 is 27.5 Å². The fraction of sp³-hybridized carbons (Fsp3) is 0.364. The van der Waals surface area contributed by atoms with E-state index in [1.165, 1.54) is 17.0 Å². The van der Waals surface area contributed by atoms with Crippen LogP contribution < -0.4 is 10.6 Å². The molecule has 0 aromatic heterocycles. The molecular formula is C11H13BrFN3O3. The van der Waals surface area contributed by atoms with Gasteiger partial charge in [0.15, 0.2) is 11.7 Å². The van der Waals surface area contributed by atoms with E-state index in [0.717, 1.165) is 0 Å². The molecule has 0 spiro atoms. The molecule has 1 aromatic rings. The number of hydrogen-bond acceptors (Lipinski definition) is 5. The zero-order valence-corrected chi connectivity index (χ0v) is 11.4. The summed E-state index contributed by atoms with van der Waals surface area (Å²) in [7, 11) is 0.